The summed E-state index contributed by atoms with van der Waals surface area (Å²) in [5.41, 5.74) is 8.71. The SMILES string of the molecule is Cc1ccc(NC(=O)CCC(=O)NNC(=O)C(C)Oc2ccc(C(C)C)cc2)cc1C. The summed E-state index contributed by atoms with van der Waals surface area (Å²) in [7, 11) is 0. The van der Waals surface area contributed by atoms with Gasteiger partial charge in [0.2, 0.25) is 11.8 Å². The van der Waals surface area contributed by atoms with Gasteiger partial charge in [-0.2, -0.15) is 0 Å². The predicted molar refractivity (Wildman–Crippen MR) is 121 cm³/mol. The molecule has 2 rings (SSSR count). The largest absolute Gasteiger partial charge is 0.481 e. The van der Waals surface area contributed by atoms with Crippen LogP contribution in [0.2, 0.25) is 0 Å². The molecule has 0 spiro atoms. The number of hydrogen-bond acceptors (Lipinski definition) is 4. The van der Waals surface area contributed by atoms with Gasteiger partial charge >= 0.3 is 0 Å². The van der Waals surface area contributed by atoms with E-state index >= 15 is 0 Å². The summed E-state index contributed by atoms with van der Waals surface area (Å²) < 4.78 is 5.60. The van der Waals surface area contributed by atoms with Gasteiger partial charge in [0, 0.05) is 18.5 Å². The Morgan fingerprint density at radius 3 is 2.10 bits per heavy atom. The lowest BCUT2D eigenvalue weighted by molar-refractivity contribution is -0.133. The zero-order valence-corrected chi connectivity index (χ0v) is 18.7. The fourth-order valence-corrected chi connectivity index (χ4v) is 2.75. The van der Waals surface area contributed by atoms with Crippen molar-refractivity contribution >= 4 is 23.4 Å². The molecule has 3 N–H and O–H groups in total. The Morgan fingerprint density at radius 2 is 1.48 bits per heavy atom. The third-order valence-corrected chi connectivity index (χ3v) is 4.92. The highest BCUT2D eigenvalue weighted by molar-refractivity contribution is 5.93. The van der Waals surface area contributed by atoms with Crippen LogP contribution in [0, 0.1) is 13.8 Å². The van der Waals surface area contributed by atoms with Crippen molar-refractivity contribution < 1.29 is 19.1 Å². The second-order valence-electron chi connectivity index (χ2n) is 7.87. The van der Waals surface area contributed by atoms with E-state index in [4.69, 9.17) is 4.74 Å². The van der Waals surface area contributed by atoms with Gasteiger partial charge in [0.25, 0.3) is 5.91 Å². The number of ether oxygens (including phenoxy) is 1. The highest BCUT2D eigenvalue weighted by atomic mass is 16.5. The van der Waals surface area contributed by atoms with E-state index in [9.17, 15) is 14.4 Å². The van der Waals surface area contributed by atoms with Gasteiger partial charge in [-0.1, -0.05) is 32.0 Å². The second-order valence-corrected chi connectivity index (χ2v) is 7.87. The molecular formula is C24H31N3O4. The van der Waals surface area contributed by atoms with Crippen molar-refractivity contribution in [3.8, 4) is 5.75 Å². The summed E-state index contributed by atoms with van der Waals surface area (Å²) in [4.78, 5) is 36.1. The first kappa shape index (κ1) is 23.9. The van der Waals surface area contributed by atoms with E-state index in [0.717, 1.165) is 11.1 Å². The molecule has 166 valence electrons. The molecular weight excluding hydrogens is 394 g/mol. The summed E-state index contributed by atoms with van der Waals surface area (Å²) >= 11 is 0. The number of hydrogen-bond donors (Lipinski definition) is 3. The standard InChI is InChI=1S/C24H31N3O4/c1-15(2)19-7-10-21(11-8-19)31-18(5)24(30)27-26-23(29)13-12-22(28)25-20-9-6-16(3)17(4)14-20/h6-11,14-15,18H,12-13H2,1-5H3,(H,25,28)(H,26,29)(H,27,30). The summed E-state index contributed by atoms with van der Waals surface area (Å²) in [6, 6.07) is 13.2. The number of carbonyl (C=O) groups is 3. The molecule has 2 aromatic rings. The highest BCUT2D eigenvalue weighted by Gasteiger charge is 2.16. The number of nitrogens with one attached hydrogen (secondary N) is 3. The Bertz CT molecular complexity index is 923. The van der Waals surface area contributed by atoms with Crippen LogP contribution < -0.4 is 20.9 Å². The molecule has 0 heterocycles. The van der Waals surface area contributed by atoms with Gasteiger partial charge in [0.05, 0.1) is 0 Å². The maximum Gasteiger partial charge on any atom is 0.279 e. The van der Waals surface area contributed by atoms with E-state index in [1.165, 1.54) is 5.56 Å². The van der Waals surface area contributed by atoms with Crippen molar-refractivity contribution in [2.24, 2.45) is 0 Å². The third kappa shape index (κ3) is 7.77. The zero-order chi connectivity index (χ0) is 23.0. The molecule has 7 heteroatoms. The average Bonchev–Trinajstić information content (AvgIpc) is 2.73. The van der Waals surface area contributed by atoms with Gasteiger partial charge < -0.3 is 10.1 Å². The van der Waals surface area contributed by atoms with Gasteiger partial charge in [-0.25, -0.2) is 0 Å². The van der Waals surface area contributed by atoms with Crippen LogP contribution in [0.25, 0.3) is 0 Å². The fraction of sp³-hybridized carbons (Fsp3) is 0.375. The number of hydrazine groups is 1. The topological polar surface area (TPSA) is 96.5 Å². The Balaban J connectivity index is 1.71. The van der Waals surface area contributed by atoms with Crippen LogP contribution in [0.3, 0.4) is 0 Å². The van der Waals surface area contributed by atoms with Crippen molar-refractivity contribution in [3.05, 3.63) is 59.2 Å². The molecule has 0 fully saturated rings. The zero-order valence-electron chi connectivity index (χ0n) is 18.7. The first-order valence-electron chi connectivity index (χ1n) is 10.4. The molecule has 0 aliphatic carbocycles. The molecule has 0 radical (unpaired) electrons. The van der Waals surface area contributed by atoms with Crippen molar-refractivity contribution in [2.75, 3.05) is 5.32 Å². The van der Waals surface area contributed by atoms with Crippen LogP contribution in [0.1, 0.15) is 56.2 Å². The van der Waals surface area contributed by atoms with E-state index in [0.29, 0.717) is 17.4 Å². The van der Waals surface area contributed by atoms with E-state index < -0.39 is 17.9 Å². The minimum atomic E-state index is -0.793. The van der Waals surface area contributed by atoms with Gasteiger partial charge in [-0.15, -0.1) is 0 Å². The molecule has 1 atom stereocenters. The molecule has 2 aromatic carbocycles. The van der Waals surface area contributed by atoms with Crippen molar-refractivity contribution in [1.82, 2.24) is 10.9 Å². The summed E-state index contributed by atoms with van der Waals surface area (Å²) in [6.07, 6.45) is -0.843. The quantitative estimate of drug-likeness (QED) is 0.561. The predicted octanol–water partition coefficient (Wildman–Crippen LogP) is 3.76. The van der Waals surface area contributed by atoms with Crippen LogP contribution in [0.15, 0.2) is 42.5 Å². The third-order valence-electron chi connectivity index (χ3n) is 4.92. The van der Waals surface area contributed by atoms with E-state index in [-0.39, 0.29) is 18.7 Å². The Hall–Kier alpha value is -3.35. The number of anilines is 1. The van der Waals surface area contributed by atoms with Crippen molar-refractivity contribution in [3.63, 3.8) is 0 Å². The molecule has 0 aliphatic heterocycles. The normalized spacial score (nSPS) is 11.5. The molecule has 7 nitrogen and oxygen atoms in total. The van der Waals surface area contributed by atoms with Crippen LogP contribution in [-0.2, 0) is 14.4 Å². The second kappa shape index (κ2) is 11.2. The van der Waals surface area contributed by atoms with Gasteiger partial charge in [-0.05, 0) is 67.6 Å². The minimum Gasteiger partial charge on any atom is -0.481 e. The Labute approximate surface area is 183 Å². The van der Waals surface area contributed by atoms with Gasteiger partial charge in [-0.3, -0.25) is 25.2 Å². The first-order valence-corrected chi connectivity index (χ1v) is 10.4. The lowest BCUT2D eigenvalue weighted by Gasteiger charge is -2.16. The highest BCUT2D eigenvalue weighted by Crippen LogP contribution is 2.19. The summed E-state index contributed by atoms with van der Waals surface area (Å²) in [5.74, 6) is -0.237. The van der Waals surface area contributed by atoms with Crippen LogP contribution in [0.4, 0.5) is 5.69 Å². The number of benzene rings is 2. The van der Waals surface area contributed by atoms with Gasteiger partial charge in [0.15, 0.2) is 6.10 Å². The lowest BCUT2D eigenvalue weighted by Crippen LogP contribution is -2.47. The van der Waals surface area contributed by atoms with E-state index in [2.05, 4.69) is 30.0 Å². The molecule has 3 amide bonds. The number of rotatable bonds is 8. The molecule has 1 unspecified atom stereocenters. The fourth-order valence-electron chi connectivity index (χ4n) is 2.75. The average molecular weight is 426 g/mol. The van der Waals surface area contributed by atoms with E-state index in [1.807, 2.05) is 56.3 Å². The molecule has 0 aromatic heterocycles. The molecule has 31 heavy (non-hydrogen) atoms. The Kier molecular flexibility index (Phi) is 8.61. The molecule has 0 saturated carbocycles. The minimum absolute atomic E-state index is 0.00286. The monoisotopic (exact) mass is 425 g/mol. The van der Waals surface area contributed by atoms with Crippen LogP contribution >= 0.6 is 0 Å². The number of carbonyl (C=O) groups excluding carboxylic acids is 3. The number of aryl methyl sites for hydroxylation is 2. The maximum atomic E-state index is 12.1. The first-order chi connectivity index (χ1) is 14.7. The van der Waals surface area contributed by atoms with Crippen LogP contribution in [-0.4, -0.2) is 23.8 Å². The smallest absolute Gasteiger partial charge is 0.279 e. The molecule has 0 aliphatic rings. The maximum absolute atomic E-state index is 12.1. The Morgan fingerprint density at radius 1 is 0.839 bits per heavy atom. The van der Waals surface area contributed by atoms with Crippen molar-refractivity contribution in [2.45, 2.75) is 59.5 Å². The summed E-state index contributed by atoms with van der Waals surface area (Å²) in [5, 5.41) is 2.76. The molecule has 0 saturated heterocycles. The molecule has 0 bridgehead atoms. The summed E-state index contributed by atoms with van der Waals surface area (Å²) in [6.45, 7) is 9.75. The lowest BCUT2D eigenvalue weighted by atomic mass is 10.0. The number of amides is 3. The van der Waals surface area contributed by atoms with E-state index in [1.54, 1.807) is 6.92 Å². The van der Waals surface area contributed by atoms with Crippen molar-refractivity contribution in [1.29, 1.82) is 0 Å². The van der Waals surface area contributed by atoms with Gasteiger partial charge in [0.1, 0.15) is 5.75 Å². The van der Waals surface area contributed by atoms with Crippen LogP contribution in [0.5, 0.6) is 5.75 Å².